The second-order valence-electron chi connectivity index (χ2n) is 4.17. The highest BCUT2D eigenvalue weighted by Gasteiger charge is 2.29. The van der Waals surface area contributed by atoms with Gasteiger partial charge in [0, 0.05) is 23.9 Å². The van der Waals surface area contributed by atoms with Crippen molar-refractivity contribution in [2.75, 3.05) is 12.4 Å². The molecule has 5 heteroatoms. The summed E-state index contributed by atoms with van der Waals surface area (Å²) in [5.41, 5.74) is 0.819. The Morgan fingerprint density at radius 1 is 1.53 bits per heavy atom. The van der Waals surface area contributed by atoms with Crippen LogP contribution in [0, 0.1) is 0 Å². The number of hydrogen-bond acceptors (Lipinski definition) is 3. The molecule has 2 N–H and O–H groups in total. The van der Waals surface area contributed by atoms with E-state index in [1.165, 1.54) is 6.07 Å². The fourth-order valence-corrected chi connectivity index (χ4v) is 2.09. The largest absolute Gasteiger partial charge is 0.478 e. The SMILES string of the molecule is COC1CC(Nc2ccc(Cl)cc2C(=O)O)C1. The average Bonchev–Trinajstić information content (AvgIpc) is 2.24. The Bertz CT molecular complexity index is 430. The summed E-state index contributed by atoms with van der Waals surface area (Å²) in [4.78, 5) is 11.1. The molecular formula is C12H14ClNO3. The van der Waals surface area contributed by atoms with Crippen molar-refractivity contribution in [3.63, 3.8) is 0 Å². The minimum absolute atomic E-state index is 0.207. The molecular weight excluding hydrogens is 242 g/mol. The lowest BCUT2D eigenvalue weighted by Crippen LogP contribution is -2.40. The van der Waals surface area contributed by atoms with Gasteiger partial charge in [-0.3, -0.25) is 0 Å². The predicted molar refractivity (Wildman–Crippen MR) is 65.9 cm³/mol. The summed E-state index contributed by atoms with van der Waals surface area (Å²) >= 11 is 5.78. The van der Waals surface area contributed by atoms with Crippen LogP contribution in [0.1, 0.15) is 23.2 Å². The van der Waals surface area contributed by atoms with Crippen LogP contribution in [0.5, 0.6) is 0 Å². The van der Waals surface area contributed by atoms with E-state index in [1.807, 2.05) is 0 Å². The summed E-state index contributed by atoms with van der Waals surface area (Å²) in [5, 5.41) is 12.7. The smallest absolute Gasteiger partial charge is 0.337 e. The van der Waals surface area contributed by atoms with Gasteiger partial charge in [-0.25, -0.2) is 4.79 Å². The van der Waals surface area contributed by atoms with Crippen LogP contribution in [0.15, 0.2) is 18.2 Å². The number of aromatic carboxylic acids is 1. The normalized spacial score (nSPS) is 22.9. The van der Waals surface area contributed by atoms with Gasteiger partial charge in [-0.1, -0.05) is 11.6 Å². The van der Waals surface area contributed by atoms with Gasteiger partial charge in [0.15, 0.2) is 0 Å². The molecule has 4 nitrogen and oxygen atoms in total. The standard InChI is InChI=1S/C12H14ClNO3/c1-17-9-5-8(6-9)14-11-3-2-7(13)4-10(11)12(15)16/h2-4,8-9,14H,5-6H2,1H3,(H,15,16). The fraction of sp³-hybridized carbons (Fsp3) is 0.417. The van der Waals surface area contributed by atoms with Crippen LogP contribution in [-0.2, 0) is 4.74 Å². The van der Waals surface area contributed by atoms with Crippen molar-refractivity contribution in [3.05, 3.63) is 28.8 Å². The Morgan fingerprint density at radius 2 is 2.24 bits per heavy atom. The molecule has 0 saturated heterocycles. The molecule has 0 bridgehead atoms. The van der Waals surface area contributed by atoms with Gasteiger partial charge >= 0.3 is 5.97 Å². The molecule has 0 amide bonds. The first kappa shape index (κ1) is 12.2. The van der Waals surface area contributed by atoms with Gasteiger partial charge in [0.25, 0.3) is 0 Å². The van der Waals surface area contributed by atoms with Crippen LogP contribution in [-0.4, -0.2) is 30.3 Å². The number of carboxylic acids is 1. The van der Waals surface area contributed by atoms with Gasteiger partial charge in [0.05, 0.1) is 11.7 Å². The molecule has 0 aliphatic heterocycles. The number of halogens is 1. The Balaban J connectivity index is 2.08. The average molecular weight is 256 g/mol. The maximum Gasteiger partial charge on any atom is 0.337 e. The maximum absolute atomic E-state index is 11.1. The van der Waals surface area contributed by atoms with Crippen LogP contribution < -0.4 is 5.32 Å². The van der Waals surface area contributed by atoms with Crippen LogP contribution in [0.3, 0.4) is 0 Å². The van der Waals surface area contributed by atoms with Crippen molar-refractivity contribution < 1.29 is 14.6 Å². The van der Waals surface area contributed by atoms with Gasteiger partial charge in [0.1, 0.15) is 0 Å². The molecule has 0 heterocycles. The highest BCUT2D eigenvalue weighted by atomic mass is 35.5. The second-order valence-corrected chi connectivity index (χ2v) is 4.60. The van der Waals surface area contributed by atoms with Gasteiger partial charge in [-0.05, 0) is 31.0 Å². The van der Waals surface area contributed by atoms with Crippen LogP contribution in [0.2, 0.25) is 5.02 Å². The fourth-order valence-electron chi connectivity index (χ4n) is 1.92. The van der Waals surface area contributed by atoms with Crippen LogP contribution in [0.4, 0.5) is 5.69 Å². The van der Waals surface area contributed by atoms with E-state index in [4.69, 9.17) is 21.4 Å². The Labute approximate surface area is 105 Å². The molecule has 0 atom stereocenters. The van der Waals surface area contributed by atoms with E-state index in [9.17, 15) is 4.79 Å². The van der Waals surface area contributed by atoms with Crippen molar-refractivity contribution in [1.82, 2.24) is 0 Å². The zero-order valence-corrected chi connectivity index (χ0v) is 10.2. The summed E-state index contributed by atoms with van der Waals surface area (Å²) in [5.74, 6) is -0.974. The van der Waals surface area contributed by atoms with Crippen molar-refractivity contribution in [1.29, 1.82) is 0 Å². The third-order valence-corrected chi connectivity index (χ3v) is 3.23. The van der Waals surface area contributed by atoms with Gasteiger partial charge in [0.2, 0.25) is 0 Å². The number of benzene rings is 1. The zero-order chi connectivity index (χ0) is 12.4. The minimum Gasteiger partial charge on any atom is -0.478 e. The number of methoxy groups -OCH3 is 1. The first-order valence-corrected chi connectivity index (χ1v) is 5.80. The third-order valence-electron chi connectivity index (χ3n) is 3.00. The molecule has 1 aromatic carbocycles. The number of ether oxygens (including phenoxy) is 1. The molecule has 2 rings (SSSR count). The summed E-state index contributed by atoms with van der Waals surface area (Å²) in [6.07, 6.45) is 2.09. The van der Waals surface area contributed by atoms with Gasteiger partial charge in [-0.2, -0.15) is 0 Å². The van der Waals surface area contributed by atoms with Crippen molar-refractivity contribution >= 4 is 23.3 Å². The molecule has 1 aromatic rings. The quantitative estimate of drug-likeness (QED) is 0.868. The van der Waals surface area contributed by atoms with E-state index in [0.717, 1.165) is 12.8 Å². The monoisotopic (exact) mass is 255 g/mol. The van der Waals surface area contributed by atoms with Gasteiger partial charge < -0.3 is 15.2 Å². The molecule has 0 radical (unpaired) electrons. The van der Waals surface area contributed by atoms with Gasteiger partial charge in [-0.15, -0.1) is 0 Å². The molecule has 0 spiro atoms. The maximum atomic E-state index is 11.1. The van der Waals surface area contributed by atoms with E-state index in [0.29, 0.717) is 10.7 Å². The Hall–Kier alpha value is -1.26. The predicted octanol–water partition coefficient (Wildman–Crippen LogP) is 2.63. The summed E-state index contributed by atoms with van der Waals surface area (Å²) < 4.78 is 5.17. The number of rotatable bonds is 4. The number of hydrogen-bond donors (Lipinski definition) is 2. The van der Waals surface area contributed by atoms with Crippen LogP contribution >= 0.6 is 11.6 Å². The van der Waals surface area contributed by atoms with Crippen LogP contribution in [0.25, 0.3) is 0 Å². The highest BCUT2D eigenvalue weighted by Crippen LogP contribution is 2.29. The van der Waals surface area contributed by atoms with E-state index in [-0.39, 0.29) is 17.7 Å². The lowest BCUT2D eigenvalue weighted by molar-refractivity contribution is 0.0328. The number of carboxylic acid groups (broad SMARTS) is 1. The van der Waals surface area contributed by atoms with Crippen molar-refractivity contribution in [2.24, 2.45) is 0 Å². The number of anilines is 1. The first-order valence-electron chi connectivity index (χ1n) is 5.42. The molecule has 1 aliphatic rings. The first-order chi connectivity index (χ1) is 8.10. The molecule has 92 valence electrons. The lowest BCUT2D eigenvalue weighted by atomic mass is 9.89. The van der Waals surface area contributed by atoms with Crippen molar-refractivity contribution in [3.8, 4) is 0 Å². The molecule has 1 aliphatic carbocycles. The zero-order valence-electron chi connectivity index (χ0n) is 9.44. The summed E-state index contributed by atoms with van der Waals surface area (Å²) in [6.45, 7) is 0. The molecule has 1 fully saturated rings. The highest BCUT2D eigenvalue weighted by molar-refractivity contribution is 6.31. The summed E-state index contributed by atoms with van der Waals surface area (Å²) in [7, 11) is 1.69. The number of carbonyl (C=O) groups is 1. The van der Waals surface area contributed by atoms with E-state index in [1.54, 1.807) is 19.2 Å². The summed E-state index contributed by atoms with van der Waals surface area (Å²) in [6, 6.07) is 5.12. The molecule has 1 saturated carbocycles. The van der Waals surface area contributed by atoms with E-state index >= 15 is 0 Å². The second kappa shape index (κ2) is 4.94. The Kier molecular flexibility index (Phi) is 3.54. The minimum atomic E-state index is -0.974. The molecule has 0 unspecified atom stereocenters. The Morgan fingerprint density at radius 3 is 2.82 bits per heavy atom. The lowest BCUT2D eigenvalue weighted by Gasteiger charge is -2.35. The van der Waals surface area contributed by atoms with Crippen molar-refractivity contribution in [2.45, 2.75) is 25.0 Å². The van der Waals surface area contributed by atoms with E-state index < -0.39 is 5.97 Å². The molecule has 17 heavy (non-hydrogen) atoms. The topological polar surface area (TPSA) is 58.6 Å². The third kappa shape index (κ3) is 2.70. The van der Waals surface area contributed by atoms with E-state index in [2.05, 4.69) is 5.32 Å². The molecule has 0 aromatic heterocycles. The number of nitrogens with one attached hydrogen (secondary N) is 1.